The second kappa shape index (κ2) is 5.83. The van der Waals surface area contributed by atoms with E-state index in [1.54, 1.807) is 12.1 Å². The number of hydrogen-bond acceptors (Lipinski definition) is 0. The van der Waals surface area contributed by atoms with Gasteiger partial charge in [-0.25, -0.2) is 0 Å². The molecule has 0 amide bonds. The van der Waals surface area contributed by atoms with Gasteiger partial charge in [-0.2, -0.15) is 13.2 Å². The molecule has 116 valence electrons. The molecule has 2 aliphatic carbocycles. The summed E-state index contributed by atoms with van der Waals surface area (Å²) >= 11 is 6.44. The van der Waals surface area contributed by atoms with Gasteiger partial charge >= 0.3 is 6.18 Å². The number of rotatable bonds is 4. The predicted octanol–water partition coefficient (Wildman–Crippen LogP) is 5.68. The minimum atomic E-state index is -4.26. The fourth-order valence-electron chi connectivity index (χ4n) is 4.16. The van der Waals surface area contributed by atoms with Crippen LogP contribution in [0.25, 0.3) is 0 Å². The first-order chi connectivity index (χ1) is 9.91. The molecule has 0 aliphatic heterocycles. The van der Waals surface area contributed by atoms with Crippen molar-refractivity contribution in [3.63, 3.8) is 0 Å². The number of hydrogen-bond donors (Lipinski definition) is 0. The van der Waals surface area contributed by atoms with Crippen LogP contribution < -0.4 is 0 Å². The Morgan fingerprint density at radius 3 is 2.33 bits per heavy atom. The highest BCUT2D eigenvalue weighted by Gasteiger charge is 2.39. The summed E-state index contributed by atoms with van der Waals surface area (Å²) in [5.74, 6) is 2.50. The molecule has 4 atom stereocenters. The molecule has 2 fully saturated rings. The Bertz CT molecular complexity index is 480. The zero-order valence-corrected chi connectivity index (χ0v) is 12.6. The predicted molar refractivity (Wildman–Crippen MR) is 78.3 cm³/mol. The van der Waals surface area contributed by atoms with Crippen molar-refractivity contribution < 1.29 is 13.2 Å². The molecule has 0 saturated heterocycles. The van der Waals surface area contributed by atoms with Gasteiger partial charge < -0.3 is 0 Å². The summed E-state index contributed by atoms with van der Waals surface area (Å²) < 4.78 is 37.5. The average molecular weight is 317 g/mol. The van der Waals surface area contributed by atoms with E-state index in [4.69, 9.17) is 11.6 Å². The fourth-order valence-corrected chi connectivity index (χ4v) is 4.57. The molecule has 2 saturated carbocycles. The highest BCUT2D eigenvalue weighted by molar-refractivity contribution is 6.20. The fraction of sp³-hybridized carbons (Fsp3) is 0.647. The van der Waals surface area contributed by atoms with Gasteiger partial charge in [0.1, 0.15) is 0 Å². The molecule has 1 aromatic rings. The average Bonchev–Trinajstić information content (AvgIpc) is 3.00. The first-order valence-electron chi connectivity index (χ1n) is 7.72. The number of alkyl halides is 4. The van der Waals surface area contributed by atoms with Crippen molar-refractivity contribution in [1.29, 1.82) is 0 Å². The third-order valence-electron chi connectivity index (χ3n) is 5.18. The van der Waals surface area contributed by atoms with Crippen LogP contribution in [0.2, 0.25) is 0 Å². The minimum absolute atomic E-state index is 0.0334. The van der Waals surface area contributed by atoms with Gasteiger partial charge in [-0.15, -0.1) is 11.6 Å². The third-order valence-corrected chi connectivity index (χ3v) is 5.51. The maximum Gasteiger partial charge on any atom is 0.416 e. The highest BCUT2D eigenvalue weighted by atomic mass is 35.5. The van der Waals surface area contributed by atoms with Crippen LogP contribution >= 0.6 is 11.6 Å². The summed E-state index contributed by atoms with van der Waals surface area (Å²) in [6.07, 6.45) is 2.81. The maximum atomic E-state index is 12.5. The van der Waals surface area contributed by atoms with Crippen molar-refractivity contribution in [3.8, 4) is 0 Å². The number of halogens is 4. The van der Waals surface area contributed by atoms with Gasteiger partial charge in [0.25, 0.3) is 0 Å². The second-order valence-corrected chi connectivity index (χ2v) is 7.28. The summed E-state index contributed by atoms with van der Waals surface area (Å²) in [5.41, 5.74) is 0.302. The smallest absolute Gasteiger partial charge is 0.166 e. The number of fused-ring (bicyclic) bond motifs is 2. The third kappa shape index (κ3) is 3.56. The van der Waals surface area contributed by atoms with Crippen LogP contribution in [0.15, 0.2) is 24.3 Å². The largest absolute Gasteiger partial charge is 0.416 e. The van der Waals surface area contributed by atoms with Crippen LogP contribution in [0.5, 0.6) is 0 Å². The van der Waals surface area contributed by atoms with Crippen molar-refractivity contribution in [3.05, 3.63) is 35.4 Å². The van der Waals surface area contributed by atoms with Gasteiger partial charge in [-0.05, 0) is 67.6 Å². The standard InChI is InChI=1S/C17H20ClF3/c18-16(10-14-8-12-1-4-13(14)7-12)9-11-2-5-15(6-3-11)17(19,20)21/h2-3,5-6,12-14,16H,1,4,7-10H2. The Hall–Kier alpha value is -0.700. The quantitative estimate of drug-likeness (QED) is 0.627. The second-order valence-electron chi connectivity index (χ2n) is 6.67. The van der Waals surface area contributed by atoms with Crippen molar-refractivity contribution in [2.75, 3.05) is 0 Å². The van der Waals surface area contributed by atoms with E-state index in [0.717, 1.165) is 41.9 Å². The maximum absolute atomic E-state index is 12.5. The van der Waals surface area contributed by atoms with E-state index >= 15 is 0 Å². The molecule has 0 nitrogen and oxygen atoms in total. The molecule has 0 spiro atoms. The summed E-state index contributed by atoms with van der Waals surface area (Å²) in [6, 6.07) is 5.41. The molecule has 0 N–H and O–H groups in total. The molecular weight excluding hydrogens is 297 g/mol. The van der Waals surface area contributed by atoms with Crippen LogP contribution in [0, 0.1) is 17.8 Å². The van der Waals surface area contributed by atoms with Gasteiger partial charge in [-0.3, -0.25) is 0 Å². The van der Waals surface area contributed by atoms with E-state index in [-0.39, 0.29) is 5.38 Å². The normalized spacial score (nSPS) is 29.8. The molecule has 0 heterocycles. The van der Waals surface area contributed by atoms with E-state index < -0.39 is 11.7 Å². The van der Waals surface area contributed by atoms with Crippen molar-refractivity contribution in [2.24, 2.45) is 17.8 Å². The number of benzene rings is 1. The molecule has 0 radical (unpaired) electrons. The van der Waals surface area contributed by atoms with E-state index in [1.165, 1.54) is 25.7 Å². The first kappa shape index (κ1) is 15.2. The summed E-state index contributed by atoms with van der Waals surface area (Å²) in [4.78, 5) is 0. The van der Waals surface area contributed by atoms with Gasteiger partial charge in [0.05, 0.1) is 5.56 Å². The van der Waals surface area contributed by atoms with Crippen molar-refractivity contribution in [1.82, 2.24) is 0 Å². The van der Waals surface area contributed by atoms with E-state index in [9.17, 15) is 13.2 Å². The summed E-state index contributed by atoms with van der Waals surface area (Å²) in [6.45, 7) is 0. The van der Waals surface area contributed by atoms with Gasteiger partial charge in [0, 0.05) is 5.38 Å². The lowest BCUT2D eigenvalue weighted by Crippen LogP contribution is -2.17. The lowest BCUT2D eigenvalue weighted by atomic mass is 9.84. The van der Waals surface area contributed by atoms with E-state index in [1.807, 2.05) is 0 Å². The summed E-state index contributed by atoms with van der Waals surface area (Å²) in [5, 5.41) is 0.0334. The van der Waals surface area contributed by atoms with E-state index in [0.29, 0.717) is 6.42 Å². The molecule has 2 aliphatic rings. The van der Waals surface area contributed by atoms with Gasteiger partial charge in [-0.1, -0.05) is 18.6 Å². The van der Waals surface area contributed by atoms with Crippen molar-refractivity contribution >= 4 is 11.6 Å². The van der Waals surface area contributed by atoms with Crippen LogP contribution in [0.1, 0.15) is 43.2 Å². The minimum Gasteiger partial charge on any atom is -0.166 e. The molecule has 21 heavy (non-hydrogen) atoms. The zero-order chi connectivity index (χ0) is 15.0. The Morgan fingerprint density at radius 2 is 1.81 bits per heavy atom. The van der Waals surface area contributed by atoms with Crippen LogP contribution in [-0.2, 0) is 12.6 Å². The summed E-state index contributed by atoms with van der Waals surface area (Å²) in [7, 11) is 0. The van der Waals surface area contributed by atoms with E-state index in [2.05, 4.69) is 0 Å². The van der Waals surface area contributed by atoms with Crippen LogP contribution in [0.3, 0.4) is 0 Å². The van der Waals surface area contributed by atoms with Gasteiger partial charge in [0.2, 0.25) is 0 Å². The lowest BCUT2D eigenvalue weighted by Gasteiger charge is -2.24. The Balaban J connectivity index is 1.54. The molecule has 0 aromatic heterocycles. The van der Waals surface area contributed by atoms with Gasteiger partial charge in [0.15, 0.2) is 0 Å². The molecule has 3 rings (SSSR count). The monoisotopic (exact) mass is 316 g/mol. The molecule has 4 heteroatoms. The zero-order valence-electron chi connectivity index (χ0n) is 11.9. The first-order valence-corrected chi connectivity index (χ1v) is 8.15. The molecule has 1 aromatic carbocycles. The Kier molecular flexibility index (Phi) is 4.22. The Labute approximate surface area is 128 Å². The molecule has 4 unspecified atom stereocenters. The lowest BCUT2D eigenvalue weighted by molar-refractivity contribution is -0.137. The van der Waals surface area contributed by atoms with Crippen molar-refractivity contribution in [2.45, 2.75) is 50.1 Å². The van der Waals surface area contributed by atoms with Crippen LogP contribution in [-0.4, -0.2) is 5.38 Å². The highest BCUT2D eigenvalue weighted by Crippen LogP contribution is 2.50. The molecular formula is C17H20ClF3. The Morgan fingerprint density at radius 1 is 1.10 bits per heavy atom. The van der Waals surface area contributed by atoms with Crippen LogP contribution in [0.4, 0.5) is 13.2 Å². The molecule has 2 bridgehead atoms. The topological polar surface area (TPSA) is 0 Å². The SMILES string of the molecule is FC(F)(F)c1ccc(CC(Cl)CC2CC3CCC2C3)cc1.